The standard InChI is InChI=1S/C19H19NO2S/c20-23(21,22)16-8-6-15(7-9-16)18-13-19(10-11-19)12-17(18)14-4-2-1-3-5-14/h1-9H,10-13H2,(H2,20,21,22). The lowest BCUT2D eigenvalue weighted by molar-refractivity contribution is 0.568. The number of hydrogen-bond donors (Lipinski definition) is 1. The lowest BCUT2D eigenvalue weighted by atomic mass is 9.97. The molecule has 0 amide bonds. The van der Waals surface area contributed by atoms with E-state index in [0.29, 0.717) is 5.41 Å². The molecule has 1 fully saturated rings. The van der Waals surface area contributed by atoms with Crippen molar-refractivity contribution in [1.82, 2.24) is 0 Å². The summed E-state index contributed by atoms with van der Waals surface area (Å²) in [4.78, 5) is 0.169. The van der Waals surface area contributed by atoms with Gasteiger partial charge in [0.25, 0.3) is 0 Å². The van der Waals surface area contributed by atoms with Gasteiger partial charge in [0.15, 0.2) is 0 Å². The second kappa shape index (κ2) is 5.05. The van der Waals surface area contributed by atoms with Gasteiger partial charge in [-0.2, -0.15) is 0 Å². The molecule has 2 aromatic carbocycles. The van der Waals surface area contributed by atoms with Crippen molar-refractivity contribution >= 4 is 21.2 Å². The van der Waals surface area contributed by atoms with Crippen LogP contribution in [-0.4, -0.2) is 8.42 Å². The first-order valence-electron chi connectivity index (χ1n) is 7.88. The summed E-state index contributed by atoms with van der Waals surface area (Å²) >= 11 is 0. The van der Waals surface area contributed by atoms with Gasteiger partial charge < -0.3 is 0 Å². The van der Waals surface area contributed by atoms with Gasteiger partial charge in [-0.3, -0.25) is 0 Å². The summed E-state index contributed by atoms with van der Waals surface area (Å²) < 4.78 is 22.9. The molecule has 0 atom stereocenters. The summed E-state index contributed by atoms with van der Waals surface area (Å²) in [5, 5.41) is 5.19. The topological polar surface area (TPSA) is 60.2 Å². The first-order valence-corrected chi connectivity index (χ1v) is 9.42. The van der Waals surface area contributed by atoms with Crippen LogP contribution >= 0.6 is 0 Å². The smallest absolute Gasteiger partial charge is 0.225 e. The zero-order chi connectivity index (χ0) is 16.1. The quantitative estimate of drug-likeness (QED) is 0.932. The van der Waals surface area contributed by atoms with Crippen LogP contribution < -0.4 is 5.14 Å². The lowest BCUT2D eigenvalue weighted by Crippen LogP contribution is -2.11. The minimum atomic E-state index is -3.64. The van der Waals surface area contributed by atoms with Crippen molar-refractivity contribution in [1.29, 1.82) is 0 Å². The van der Waals surface area contributed by atoms with Crippen LogP contribution in [0.3, 0.4) is 0 Å². The van der Waals surface area contributed by atoms with Crippen molar-refractivity contribution in [2.24, 2.45) is 10.6 Å². The molecule has 2 aromatic rings. The average molecular weight is 325 g/mol. The van der Waals surface area contributed by atoms with E-state index >= 15 is 0 Å². The van der Waals surface area contributed by atoms with E-state index in [4.69, 9.17) is 5.14 Å². The van der Waals surface area contributed by atoms with Gasteiger partial charge in [0.1, 0.15) is 0 Å². The fourth-order valence-corrected chi connectivity index (χ4v) is 4.11. The van der Waals surface area contributed by atoms with Crippen molar-refractivity contribution in [2.75, 3.05) is 0 Å². The van der Waals surface area contributed by atoms with E-state index in [1.807, 2.05) is 18.2 Å². The molecule has 23 heavy (non-hydrogen) atoms. The summed E-state index contributed by atoms with van der Waals surface area (Å²) in [6.45, 7) is 0. The molecule has 1 saturated carbocycles. The molecule has 4 heteroatoms. The second-order valence-electron chi connectivity index (χ2n) is 6.75. The number of sulfonamides is 1. The van der Waals surface area contributed by atoms with Crippen LogP contribution in [0.4, 0.5) is 0 Å². The summed E-state index contributed by atoms with van der Waals surface area (Å²) in [6.07, 6.45) is 4.80. The van der Waals surface area contributed by atoms with E-state index in [-0.39, 0.29) is 4.90 Å². The van der Waals surface area contributed by atoms with Crippen LogP contribution in [0.5, 0.6) is 0 Å². The first-order chi connectivity index (χ1) is 11.0. The van der Waals surface area contributed by atoms with Crippen LogP contribution in [0.2, 0.25) is 0 Å². The summed E-state index contributed by atoms with van der Waals surface area (Å²) in [5.41, 5.74) is 5.61. The molecule has 0 bridgehead atoms. The van der Waals surface area contributed by atoms with Crippen molar-refractivity contribution in [2.45, 2.75) is 30.6 Å². The average Bonchev–Trinajstić information content (AvgIpc) is 3.18. The van der Waals surface area contributed by atoms with Gasteiger partial charge in [-0.1, -0.05) is 42.5 Å². The van der Waals surface area contributed by atoms with Crippen LogP contribution in [0, 0.1) is 5.41 Å². The normalized spacial score (nSPS) is 19.3. The van der Waals surface area contributed by atoms with Gasteiger partial charge in [-0.15, -0.1) is 0 Å². The SMILES string of the molecule is NS(=O)(=O)c1ccc(C2=C(c3ccccc3)CC3(CC3)C2)cc1. The zero-order valence-corrected chi connectivity index (χ0v) is 13.6. The molecule has 2 aliphatic rings. The predicted octanol–water partition coefficient (Wildman–Crippen LogP) is 3.82. The molecule has 0 aliphatic heterocycles. The van der Waals surface area contributed by atoms with Crippen LogP contribution in [0.15, 0.2) is 59.5 Å². The van der Waals surface area contributed by atoms with Crippen LogP contribution in [0.25, 0.3) is 11.1 Å². The molecular formula is C19H19NO2S. The highest BCUT2D eigenvalue weighted by Crippen LogP contribution is 2.63. The molecular weight excluding hydrogens is 306 g/mol. The Morgan fingerprint density at radius 3 is 1.78 bits per heavy atom. The van der Waals surface area contributed by atoms with Crippen molar-refractivity contribution in [3.8, 4) is 0 Å². The highest BCUT2D eigenvalue weighted by Gasteiger charge is 2.48. The van der Waals surface area contributed by atoms with Crippen molar-refractivity contribution in [3.63, 3.8) is 0 Å². The van der Waals surface area contributed by atoms with E-state index in [9.17, 15) is 8.42 Å². The Hall–Kier alpha value is -1.91. The second-order valence-corrected chi connectivity index (χ2v) is 8.31. The van der Waals surface area contributed by atoms with Gasteiger partial charge in [0.2, 0.25) is 10.0 Å². The number of primary sulfonamides is 1. The van der Waals surface area contributed by atoms with Gasteiger partial charge in [0.05, 0.1) is 4.90 Å². The van der Waals surface area contributed by atoms with Gasteiger partial charge in [0, 0.05) is 0 Å². The Labute approximate surface area is 136 Å². The molecule has 0 heterocycles. The molecule has 2 aliphatic carbocycles. The molecule has 0 unspecified atom stereocenters. The molecule has 2 N–H and O–H groups in total. The Kier molecular flexibility index (Phi) is 3.22. The van der Waals surface area contributed by atoms with E-state index in [1.165, 1.54) is 29.6 Å². The molecule has 0 saturated heterocycles. The van der Waals surface area contributed by atoms with E-state index in [1.54, 1.807) is 12.1 Å². The van der Waals surface area contributed by atoms with Gasteiger partial charge in [-0.25, -0.2) is 13.6 Å². The zero-order valence-electron chi connectivity index (χ0n) is 12.8. The fraction of sp³-hybridized carbons (Fsp3) is 0.263. The first kappa shape index (κ1) is 14.7. The minimum Gasteiger partial charge on any atom is -0.225 e. The molecule has 4 rings (SSSR count). The maximum Gasteiger partial charge on any atom is 0.238 e. The Balaban J connectivity index is 1.78. The molecule has 118 valence electrons. The predicted molar refractivity (Wildman–Crippen MR) is 92.0 cm³/mol. The van der Waals surface area contributed by atoms with E-state index < -0.39 is 10.0 Å². The summed E-state index contributed by atoms with van der Waals surface area (Å²) in [7, 11) is -3.64. The highest BCUT2D eigenvalue weighted by molar-refractivity contribution is 7.89. The number of hydrogen-bond acceptors (Lipinski definition) is 2. The highest BCUT2D eigenvalue weighted by atomic mass is 32.2. The van der Waals surface area contributed by atoms with Crippen LogP contribution in [-0.2, 0) is 10.0 Å². The largest absolute Gasteiger partial charge is 0.238 e. The van der Waals surface area contributed by atoms with Crippen LogP contribution in [0.1, 0.15) is 36.8 Å². The van der Waals surface area contributed by atoms with Crippen molar-refractivity contribution < 1.29 is 8.42 Å². The number of benzene rings is 2. The summed E-state index contributed by atoms with van der Waals surface area (Å²) in [6, 6.07) is 17.5. The van der Waals surface area contributed by atoms with E-state index in [2.05, 4.69) is 24.3 Å². The van der Waals surface area contributed by atoms with Gasteiger partial charge >= 0.3 is 0 Å². The maximum absolute atomic E-state index is 11.4. The number of rotatable bonds is 3. The number of allylic oxidation sites excluding steroid dienone is 2. The third-order valence-corrected chi connectivity index (χ3v) is 6.01. The molecule has 1 spiro atoms. The number of nitrogens with two attached hydrogens (primary N) is 1. The summed E-state index contributed by atoms with van der Waals surface area (Å²) in [5.74, 6) is 0. The fourth-order valence-electron chi connectivity index (χ4n) is 3.59. The monoisotopic (exact) mass is 325 g/mol. The molecule has 3 nitrogen and oxygen atoms in total. The Morgan fingerprint density at radius 1 is 0.783 bits per heavy atom. The van der Waals surface area contributed by atoms with Crippen molar-refractivity contribution in [3.05, 3.63) is 65.7 Å². The maximum atomic E-state index is 11.4. The third kappa shape index (κ3) is 2.73. The minimum absolute atomic E-state index is 0.169. The molecule has 0 radical (unpaired) electrons. The third-order valence-electron chi connectivity index (χ3n) is 5.08. The lowest BCUT2D eigenvalue weighted by Gasteiger charge is -2.09. The van der Waals surface area contributed by atoms with E-state index in [0.717, 1.165) is 18.4 Å². The Bertz CT molecular complexity index is 877. The van der Waals surface area contributed by atoms with Gasteiger partial charge in [-0.05, 0) is 65.5 Å². The molecule has 0 aromatic heterocycles. The Morgan fingerprint density at radius 2 is 1.30 bits per heavy atom.